The number of nitrogens with one attached hydrogen (secondary N) is 1. The molecule has 0 fully saturated rings. The summed E-state index contributed by atoms with van der Waals surface area (Å²) in [5, 5.41) is 16.8. The Hall–Kier alpha value is -3.11. The largest absolute Gasteiger partial charge is 0.420 e. The molecule has 1 aliphatic rings. The van der Waals surface area contributed by atoms with E-state index >= 15 is 0 Å². The van der Waals surface area contributed by atoms with Crippen LogP contribution in [0, 0.1) is 17.1 Å². The van der Waals surface area contributed by atoms with Gasteiger partial charge < -0.3 is 10.5 Å². The van der Waals surface area contributed by atoms with Crippen molar-refractivity contribution in [2.45, 2.75) is 5.92 Å². The zero-order valence-electron chi connectivity index (χ0n) is 13.3. The molecule has 1 aliphatic heterocycles. The summed E-state index contributed by atoms with van der Waals surface area (Å²) >= 11 is 3.20. The van der Waals surface area contributed by atoms with E-state index in [0.717, 1.165) is 11.3 Å². The molecule has 2 aromatic carbocycles. The van der Waals surface area contributed by atoms with Crippen molar-refractivity contribution in [2.24, 2.45) is 5.73 Å². The Balaban J connectivity index is 1.97. The number of rotatable bonds is 2. The maximum atomic E-state index is 13.7. The molecule has 1 unspecified atom stereocenters. The molecule has 0 saturated carbocycles. The maximum absolute atomic E-state index is 13.7. The molecule has 0 radical (unpaired) electrons. The van der Waals surface area contributed by atoms with E-state index in [2.05, 4.69) is 32.2 Å². The number of hydrogen-bond acceptors (Lipinski definition) is 4. The highest BCUT2D eigenvalue weighted by Gasteiger charge is 2.35. The smallest absolute Gasteiger partial charge is 0.244 e. The molecule has 0 amide bonds. The second-order valence-corrected chi connectivity index (χ2v) is 6.64. The van der Waals surface area contributed by atoms with Crippen LogP contribution in [-0.4, -0.2) is 10.2 Å². The predicted octanol–water partition coefficient (Wildman–Crippen LogP) is 4.20. The summed E-state index contributed by atoms with van der Waals surface area (Å²) in [6.45, 7) is 0. The average molecular weight is 411 g/mol. The lowest BCUT2D eigenvalue weighted by Crippen LogP contribution is -2.21. The van der Waals surface area contributed by atoms with Crippen molar-refractivity contribution in [3.63, 3.8) is 0 Å². The van der Waals surface area contributed by atoms with Crippen LogP contribution in [0.3, 0.4) is 0 Å². The SMILES string of the molecule is N#CC1=C(N)Oc2n[nH]c(-c3ccccc3)c2C1c1ccc(F)c(Br)c1. The van der Waals surface area contributed by atoms with Crippen molar-refractivity contribution in [1.82, 2.24) is 10.2 Å². The number of nitrogens with two attached hydrogens (primary N) is 1. The Morgan fingerprint density at radius 2 is 2.00 bits per heavy atom. The zero-order chi connectivity index (χ0) is 18.3. The van der Waals surface area contributed by atoms with Crippen molar-refractivity contribution in [3.8, 4) is 23.2 Å². The molecule has 26 heavy (non-hydrogen) atoms. The Morgan fingerprint density at radius 1 is 1.23 bits per heavy atom. The van der Waals surface area contributed by atoms with Gasteiger partial charge in [-0.05, 0) is 39.2 Å². The highest BCUT2D eigenvalue weighted by Crippen LogP contribution is 2.46. The second-order valence-electron chi connectivity index (χ2n) is 5.78. The molecule has 2 heterocycles. The van der Waals surface area contributed by atoms with Crippen LogP contribution in [0.4, 0.5) is 4.39 Å². The van der Waals surface area contributed by atoms with E-state index in [-0.39, 0.29) is 17.3 Å². The Morgan fingerprint density at radius 3 is 2.69 bits per heavy atom. The lowest BCUT2D eigenvalue weighted by atomic mass is 9.83. The van der Waals surface area contributed by atoms with Gasteiger partial charge in [-0.1, -0.05) is 36.4 Å². The third kappa shape index (κ3) is 2.55. The van der Waals surface area contributed by atoms with Crippen molar-refractivity contribution in [3.05, 3.63) is 81.4 Å². The minimum Gasteiger partial charge on any atom is -0.420 e. The fourth-order valence-corrected chi connectivity index (χ4v) is 3.49. The second kappa shape index (κ2) is 6.32. The van der Waals surface area contributed by atoms with E-state index in [1.54, 1.807) is 12.1 Å². The number of ether oxygens (including phenoxy) is 1. The van der Waals surface area contributed by atoms with Crippen LogP contribution < -0.4 is 10.5 Å². The van der Waals surface area contributed by atoms with Crippen LogP contribution in [0.1, 0.15) is 17.0 Å². The first-order valence-corrected chi connectivity index (χ1v) is 8.55. The molecule has 0 bridgehead atoms. The van der Waals surface area contributed by atoms with E-state index in [0.29, 0.717) is 21.5 Å². The number of hydrogen-bond donors (Lipinski definition) is 2. The summed E-state index contributed by atoms with van der Waals surface area (Å²) in [5.41, 5.74) is 9.23. The van der Waals surface area contributed by atoms with E-state index in [1.165, 1.54) is 6.07 Å². The fourth-order valence-electron chi connectivity index (χ4n) is 3.10. The predicted molar refractivity (Wildman–Crippen MR) is 97.4 cm³/mol. The van der Waals surface area contributed by atoms with Crippen LogP contribution in [0.25, 0.3) is 11.3 Å². The number of H-pyrrole nitrogens is 1. The summed E-state index contributed by atoms with van der Waals surface area (Å²) in [5.74, 6) is -0.594. The summed E-state index contributed by atoms with van der Waals surface area (Å²) in [6, 6.07) is 16.3. The van der Waals surface area contributed by atoms with Crippen LogP contribution in [-0.2, 0) is 0 Å². The van der Waals surface area contributed by atoms with Gasteiger partial charge in [-0.2, -0.15) is 5.26 Å². The molecular weight excluding hydrogens is 399 g/mol. The third-order valence-corrected chi connectivity index (χ3v) is 4.89. The molecule has 0 saturated heterocycles. The first-order chi connectivity index (χ1) is 12.6. The first kappa shape index (κ1) is 16.4. The Bertz CT molecular complexity index is 1070. The summed E-state index contributed by atoms with van der Waals surface area (Å²) < 4.78 is 19.6. The van der Waals surface area contributed by atoms with Crippen LogP contribution in [0.15, 0.2) is 64.5 Å². The Kier molecular flexibility index (Phi) is 3.98. The van der Waals surface area contributed by atoms with Gasteiger partial charge in [0.2, 0.25) is 11.8 Å². The number of allylic oxidation sites excluding steroid dienone is 1. The molecular formula is C19H12BrFN4O. The highest BCUT2D eigenvalue weighted by molar-refractivity contribution is 9.10. The number of nitriles is 1. The zero-order valence-corrected chi connectivity index (χ0v) is 14.9. The minimum absolute atomic E-state index is 0.00319. The van der Waals surface area contributed by atoms with E-state index in [1.807, 2.05) is 30.3 Å². The van der Waals surface area contributed by atoms with Crippen LogP contribution >= 0.6 is 15.9 Å². The molecule has 128 valence electrons. The summed E-state index contributed by atoms with van der Waals surface area (Å²) in [7, 11) is 0. The molecule has 3 N–H and O–H groups in total. The van der Waals surface area contributed by atoms with Crippen LogP contribution in [0.5, 0.6) is 5.88 Å². The van der Waals surface area contributed by atoms with Crippen molar-refractivity contribution >= 4 is 15.9 Å². The topological polar surface area (TPSA) is 87.7 Å². The van der Waals surface area contributed by atoms with Gasteiger partial charge in [0.1, 0.15) is 17.5 Å². The average Bonchev–Trinajstić information content (AvgIpc) is 3.07. The minimum atomic E-state index is -0.519. The third-order valence-electron chi connectivity index (χ3n) is 4.28. The molecule has 1 atom stereocenters. The van der Waals surface area contributed by atoms with Gasteiger partial charge in [0.05, 0.1) is 21.6 Å². The summed E-state index contributed by atoms with van der Waals surface area (Å²) in [6.07, 6.45) is 0. The first-order valence-electron chi connectivity index (χ1n) is 7.76. The van der Waals surface area contributed by atoms with Crippen molar-refractivity contribution in [2.75, 3.05) is 0 Å². The van der Waals surface area contributed by atoms with Gasteiger partial charge in [-0.15, -0.1) is 5.10 Å². The number of benzene rings is 2. The van der Waals surface area contributed by atoms with E-state index < -0.39 is 5.92 Å². The number of nitrogens with zero attached hydrogens (tertiary/aromatic N) is 2. The Labute approximate surface area is 157 Å². The molecule has 0 spiro atoms. The van der Waals surface area contributed by atoms with Gasteiger partial charge >= 0.3 is 0 Å². The van der Waals surface area contributed by atoms with Crippen molar-refractivity contribution in [1.29, 1.82) is 5.26 Å². The lowest BCUT2D eigenvalue weighted by Gasteiger charge is -2.24. The van der Waals surface area contributed by atoms with Gasteiger partial charge in [0.25, 0.3) is 0 Å². The maximum Gasteiger partial charge on any atom is 0.244 e. The van der Waals surface area contributed by atoms with Gasteiger partial charge in [0.15, 0.2) is 0 Å². The molecule has 3 aromatic rings. The molecule has 7 heteroatoms. The van der Waals surface area contributed by atoms with Gasteiger partial charge in [-0.25, -0.2) is 4.39 Å². The molecule has 0 aliphatic carbocycles. The van der Waals surface area contributed by atoms with Crippen molar-refractivity contribution < 1.29 is 9.13 Å². The monoisotopic (exact) mass is 410 g/mol. The standard InChI is InChI=1S/C19H12BrFN4O/c20-13-8-11(6-7-14(13)21)15-12(9-22)18(23)26-19-16(15)17(24-25-19)10-4-2-1-3-5-10/h1-8,15H,23H2,(H,24,25). The van der Waals surface area contributed by atoms with Crippen LogP contribution in [0.2, 0.25) is 0 Å². The highest BCUT2D eigenvalue weighted by atomic mass is 79.9. The molecule has 4 rings (SSSR count). The van der Waals surface area contributed by atoms with Gasteiger partial charge in [0, 0.05) is 0 Å². The number of fused-ring (bicyclic) bond motifs is 1. The van der Waals surface area contributed by atoms with E-state index in [4.69, 9.17) is 10.5 Å². The number of halogens is 2. The number of aromatic amines is 1. The van der Waals surface area contributed by atoms with Gasteiger partial charge in [-0.3, -0.25) is 5.10 Å². The quantitative estimate of drug-likeness (QED) is 0.662. The molecule has 1 aromatic heterocycles. The fraction of sp³-hybridized carbons (Fsp3) is 0.0526. The lowest BCUT2D eigenvalue weighted by molar-refractivity contribution is 0.379. The van der Waals surface area contributed by atoms with E-state index in [9.17, 15) is 9.65 Å². The summed E-state index contributed by atoms with van der Waals surface area (Å²) in [4.78, 5) is 0. The number of aromatic nitrogens is 2. The normalized spacial score (nSPS) is 16.0. The molecule has 5 nitrogen and oxygen atoms in total.